The number of carbonyl (C=O) groups excluding carboxylic acids is 2. The first-order valence-electron chi connectivity index (χ1n) is 10.7. The molecule has 0 aliphatic carbocycles. The van der Waals surface area contributed by atoms with Crippen molar-refractivity contribution < 1.29 is 14.3 Å². The van der Waals surface area contributed by atoms with E-state index in [4.69, 9.17) is 4.74 Å². The maximum Gasteiger partial charge on any atom is 0.408 e. The number of ether oxygens (including phenoxy) is 1. The van der Waals surface area contributed by atoms with Gasteiger partial charge < -0.3 is 19.9 Å². The molecule has 31 heavy (non-hydrogen) atoms. The number of hydrogen-bond acceptors (Lipinski definition) is 3. The number of aromatic nitrogens is 1. The van der Waals surface area contributed by atoms with Crippen LogP contribution in [0.2, 0.25) is 0 Å². The number of alkyl carbamates (subject to hydrolysis) is 1. The van der Waals surface area contributed by atoms with Gasteiger partial charge in [0.15, 0.2) is 0 Å². The summed E-state index contributed by atoms with van der Waals surface area (Å²) in [5.41, 5.74) is 3.79. The predicted octanol–water partition coefficient (Wildman–Crippen LogP) is 4.19. The van der Waals surface area contributed by atoms with Crippen molar-refractivity contribution in [2.75, 3.05) is 6.54 Å². The molecule has 0 spiro atoms. The minimum atomic E-state index is -0.709. The molecule has 3 aromatic rings. The molecule has 2 amide bonds. The molecule has 4 rings (SSSR count). The van der Waals surface area contributed by atoms with Crippen LogP contribution in [0, 0.1) is 0 Å². The quantitative estimate of drug-likeness (QED) is 0.666. The number of H-pyrrole nitrogens is 1. The zero-order valence-corrected chi connectivity index (χ0v) is 18.3. The van der Waals surface area contributed by atoms with Gasteiger partial charge in [-0.1, -0.05) is 42.5 Å². The lowest BCUT2D eigenvalue weighted by Crippen LogP contribution is -2.51. The van der Waals surface area contributed by atoms with E-state index < -0.39 is 17.7 Å². The van der Waals surface area contributed by atoms with Gasteiger partial charge in [0.1, 0.15) is 11.6 Å². The maximum absolute atomic E-state index is 13.5. The molecule has 0 saturated heterocycles. The molecule has 1 atom stereocenters. The number of fused-ring (bicyclic) bond motifs is 2. The van der Waals surface area contributed by atoms with E-state index in [-0.39, 0.29) is 5.91 Å². The van der Waals surface area contributed by atoms with Gasteiger partial charge in [-0.25, -0.2) is 4.79 Å². The van der Waals surface area contributed by atoms with Gasteiger partial charge in [0, 0.05) is 36.6 Å². The van der Waals surface area contributed by atoms with E-state index >= 15 is 0 Å². The molecule has 6 nitrogen and oxygen atoms in total. The number of hydrogen-bond donors (Lipinski definition) is 2. The van der Waals surface area contributed by atoms with Gasteiger partial charge in [-0.3, -0.25) is 4.79 Å². The van der Waals surface area contributed by atoms with Gasteiger partial charge in [-0.15, -0.1) is 0 Å². The number of para-hydroxylation sites is 1. The van der Waals surface area contributed by atoms with Crippen LogP contribution in [-0.2, 0) is 28.9 Å². The molecule has 0 radical (unpaired) electrons. The third-order valence-electron chi connectivity index (χ3n) is 5.53. The molecule has 1 aliphatic rings. The smallest absolute Gasteiger partial charge is 0.408 e. The van der Waals surface area contributed by atoms with Crippen LogP contribution in [-0.4, -0.2) is 40.1 Å². The Morgan fingerprint density at radius 3 is 2.58 bits per heavy atom. The third-order valence-corrected chi connectivity index (χ3v) is 5.53. The van der Waals surface area contributed by atoms with Crippen LogP contribution in [0.15, 0.2) is 54.7 Å². The average Bonchev–Trinajstić information content (AvgIpc) is 3.14. The maximum atomic E-state index is 13.5. The zero-order valence-electron chi connectivity index (χ0n) is 18.3. The van der Waals surface area contributed by atoms with E-state index in [1.807, 2.05) is 68.3 Å². The van der Waals surface area contributed by atoms with Crippen molar-refractivity contribution in [3.8, 4) is 0 Å². The summed E-state index contributed by atoms with van der Waals surface area (Å²) in [6.45, 7) is 6.62. The van der Waals surface area contributed by atoms with Crippen molar-refractivity contribution in [2.24, 2.45) is 0 Å². The highest BCUT2D eigenvalue weighted by molar-refractivity contribution is 5.88. The summed E-state index contributed by atoms with van der Waals surface area (Å²) in [6, 6.07) is 15.4. The summed E-state index contributed by atoms with van der Waals surface area (Å²) in [6.07, 6.45) is 2.53. The number of carbonyl (C=O) groups is 2. The second-order valence-electron chi connectivity index (χ2n) is 9.04. The van der Waals surface area contributed by atoms with Crippen molar-refractivity contribution in [1.82, 2.24) is 15.2 Å². The zero-order chi connectivity index (χ0) is 22.0. The topological polar surface area (TPSA) is 74.4 Å². The van der Waals surface area contributed by atoms with Gasteiger partial charge in [0.05, 0.1) is 0 Å². The fourth-order valence-electron chi connectivity index (χ4n) is 4.07. The normalized spacial score (nSPS) is 14.7. The number of nitrogens with zero attached hydrogens (tertiary/aromatic N) is 1. The van der Waals surface area contributed by atoms with Gasteiger partial charge >= 0.3 is 6.09 Å². The highest BCUT2D eigenvalue weighted by Gasteiger charge is 2.30. The number of nitrogens with one attached hydrogen (secondary N) is 2. The summed E-state index contributed by atoms with van der Waals surface area (Å²) in [5, 5.41) is 3.88. The van der Waals surface area contributed by atoms with E-state index in [0.717, 1.165) is 28.5 Å². The second kappa shape index (κ2) is 8.46. The SMILES string of the molecule is CC(C)(C)OC(=O)NC(Cc1c[nH]c2ccccc12)C(=O)N1CCc2ccccc2C1. The first kappa shape index (κ1) is 21.0. The highest BCUT2D eigenvalue weighted by Crippen LogP contribution is 2.22. The summed E-state index contributed by atoms with van der Waals surface area (Å²) in [4.78, 5) is 31.1. The molecule has 0 bridgehead atoms. The number of aromatic amines is 1. The monoisotopic (exact) mass is 419 g/mol. The third kappa shape index (κ3) is 4.90. The minimum absolute atomic E-state index is 0.0920. The summed E-state index contributed by atoms with van der Waals surface area (Å²) in [5.74, 6) is -0.0920. The van der Waals surface area contributed by atoms with Crippen LogP contribution in [0.1, 0.15) is 37.5 Å². The van der Waals surface area contributed by atoms with Crippen molar-refractivity contribution >= 4 is 22.9 Å². The second-order valence-corrected chi connectivity index (χ2v) is 9.04. The Labute approximate surface area is 182 Å². The number of amides is 2. The molecule has 2 aromatic carbocycles. The Balaban J connectivity index is 1.57. The van der Waals surface area contributed by atoms with Gasteiger partial charge in [-0.2, -0.15) is 0 Å². The van der Waals surface area contributed by atoms with Crippen molar-refractivity contribution in [3.63, 3.8) is 0 Å². The number of rotatable bonds is 4. The van der Waals surface area contributed by atoms with E-state index in [1.165, 1.54) is 5.56 Å². The molecule has 2 heterocycles. The van der Waals surface area contributed by atoms with E-state index in [9.17, 15) is 9.59 Å². The average molecular weight is 420 g/mol. The summed E-state index contributed by atoms with van der Waals surface area (Å²) in [7, 11) is 0. The fraction of sp³-hybridized carbons (Fsp3) is 0.360. The highest BCUT2D eigenvalue weighted by atomic mass is 16.6. The summed E-state index contributed by atoms with van der Waals surface area (Å²) >= 11 is 0. The molecule has 0 fully saturated rings. The Bertz CT molecular complexity index is 1100. The molecule has 6 heteroatoms. The van der Waals surface area contributed by atoms with Crippen LogP contribution < -0.4 is 5.32 Å². The molecule has 2 N–H and O–H groups in total. The van der Waals surface area contributed by atoms with Gasteiger partial charge in [-0.05, 0) is 49.9 Å². The molecular formula is C25H29N3O3. The van der Waals surface area contributed by atoms with Crippen molar-refractivity contribution in [3.05, 3.63) is 71.4 Å². The van der Waals surface area contributed by atoms with Crippen LogP contribution in [0.25, 0.3) is 10.9 Å². The van der Waals surface area contributed by atoms with Gasteiger partial charge in [0.2, 0.25) is 5.91 Å². The lowest BCUT2D eigenvalue weighted by Gasteiger charge is -2.32. The van der Waals surface area contributed by atoms with Crippen LogP contribution in [0.5, 0.6) is 0 Å². The molecule has 1 aromatic heterocycles. The molecule has 1 unspecified atom stereocenters. The van der Waals surface area contributed by atoms with Crippen LogP contribution in [0.4, 0.5) is 4.79 Å². The first-order valence-corrected chi connectivity index (χ1v) is 10.7. The molecular weight excluding hydrogens is 390 g/mol. The largest absolute Gasteiger partial charge is 0.444 e. The van der Waals surface area contributed by atoms with E-state index in [0.29, 0.717) is 19.5 Å². The number of benzene rings is 2. The van der Waals surface area contributed by atoms with Crippen molar-refractivity contribution in [2.45, 2.75) is 51.8 Å². The van der Waals surface area contributed by atoms with E-state index in [1.54, 1.807) is 0 Å². The molecule has 0 saturated carbocycles. The first-order chi connectivity index (χ1) is 14.8. The Kier molecular flexibility index (Phi) is 5.72. The Hall–Kier alpha value is -3.28. The fourth-order valence-corrected chi connectivity index (χ4v) is 4.07. The van der Waals surface area contributed by atoms with Crippen LogP contribution in [0.3, 0.4) is 0 Å². The lowest BCUT2D eigenvalue weighted by molar-refractivity contribution is -0.134. The van der Waals surface area contributed by atoms with Crippen LogP contribution >= 0.6 is 0 Å². The van der Waals surface area contributed by atoms with Gasteiger partial charge in [0.25, 0.3) is 0 Å². The van der Waals surface area contributed by atoms with E-state index in [2.05, 4.69) is 22.4 Å². The Morgan fingerprint density at radius 2 is 1.81 bits per heavy atom. The lowest BCUT2D eigenvalue weighted by atomic mass is 9.98. The van der Waals surface area contributed by atoms with Crippen molar-refractivity contribution in [1.29, 1.82) is 0 Å². The minimum Gasteiger partial charge on any atom is -0.444 e. The Morgan fingerprint density at radius 1 is 1.10 bits per heavy atom. The molecule has 162 valence electrons. The predicted molar refractivity (Wildman–Crippen MR) is 121 cm³/mol. The summed E-state index contributed by atoms with van der Waals surface area (Å²) < 4.78 is 5.44. The molecule has 1 aliphatic heterocycles. The standard InChI is InChI=1S/C25H29N3O3/c1-25(2,3)31-24(30)27-22(14-19-15-26-21-11-7-6-10-20(19)21)23(29)28-13-12-17-8-4-5-9-18(17)16-28/h4-11,15,22,26H,12-14,16H2,1-3H3,(H,27,30).